The smallest absolute Gasteiger partial charge is 0.259 e. The Morgan fingerprint density at radius 3 is 2.51 bits per heavy atom. The number of aromatic amines is 1. The van der Waals surface area contributed by atoms with E-state index in [1.54, 1.807) is 20.4 Å². The van der Waals surface area contributed by atoms with Gasteiger partial charge in [-0.05, 0) is 44.7 Å². The van der Waals surface area contributed by atoms with Crippen molar-refractivity contribution in [3.63, 3.8) is 0 Å². The molecule has 1 amide bonds. The van der Waals surface area contributed by atoms with E-state index in [1.807, 2.05) is 17.2 Å². The molecule has 2 aromatic rings. The van der Waals surface area contributed by atoms with Gasteiger partial charge in [0.1, 0.15) is 11.8 Å². The van der Waals surface area contributed by atoms with Crippen LogP contribution < -0.4 is 4.90 Å². The van der Waals surface area contributed by atoms with Gasteiger partial charge in [-0.3, -0.25) is 4.79 Å². The van der Waals surface area contributed by atoms with E-state index in [2.05, 4.69) is 41.4 Å². The minimum atomic E-state index is -1.20. The summed E-state index contributed by atoms with van der Waals surface area (Å²) in [6.45, 7) is 11.0. The number of carbonyl (C=O) groups is 1. The molecule has 3 heterocycles. The molecule has 35 heavy (non-hydrogen) atoms. The summed E-state index contributed by atoms with van der Waals surface area (Å²) in [6, 6.07) is 3.46. The number of amides is 1. The van der Waals surface area contributed by atoms with Crippen LogP contribution in [0.25, 0.3) is 11.0 Å². The van der Waals surface area contributed by atoms with Gasteiger partial charge < -0.3 is 29.0 Å². The van der Waals surface area contributed by atoms with Crippen LogP contribution in [0.3, 0.4) is 0 Å². The Balaban J connectivity index is 1.67. The molecule has 1 unspecified atom stereocenters. The van der Waals surface area contributed by atoms with Gasteiger partial charge in [-0.1, -0.05) is 19.6 Å². The van der Waals surface area contributed by atoms with Gasteiger partial charge in [0, 0.05) is 65.2 Å². The summed E-state index contributed by atoms with van der Waals surface area (Å²) in [4.78, 5) is 25.9. The Morgan fingerprint density at radius 1 is 1.17 bits per heavy atom. The molecule has 1 aliphatic heterocycles. The number of aromatic nitrogens is 2. The van der Waals surface area contributed by atoms with Crippen molar-refractivity contribution in [2.24, 2.45) is 5.92 Å². The highest BCUT2D eigenvalue weighted by Crippen LogP contribution is 2.42. The number of nitrogens with one attached hydrogen (secondary N) is 1. The topological polar surface area (TPSA) is 79.9 Å². The summed E-state index contributed by atoms with van der Waals surface area (Å²) in [5.74, 6) is 0.422. The van der Waals surface area contributed by atoms with Crippen molar-refractivity contribution in [3.05, 3.63) is 24.0 Å². The summed E-state index contributed by atoms with van der Waals surface area (Å²) in [7, 11) is 2.24. The third-order valence-corrected chi connectivity index (χ3v) is 9.28. The fourth-order valence-corrected chi connectivity index (χ4v) is 6.43. The summed E-state index contributed by atoms with van der Waals surface area (Å²) in [5.41, 5.74) is 2.51. The van der Waals surface area contributed by atoms with E-state index >= 15 is 0 Å². The monoisotopic (exact) mass is 502 g/mol. The molecule has 0 radical (unpaired) electrons. The average molecular weight is 503 g/mol. The van der Waals surface area contributed by atoms with Crippen molar-refractivity contribution in [1.82, 2.24) is 14.9 Å². The highest BCUT2D eigenvalue weighted by atomic mass is 28.3. The fraction of sp³-hybridized carbons (Fsp3) is 0.692. The molecule has 0 bridgehead atoms. The molecule has 1 saturated carbocycles. The van der Waals surface area contributed by atoms with Crippen LogP contribution in [0.15, 0.2) is 18.5 Å². The Morgan fingerprint density at radius 2 is 1.89 bits per heavy atom. The highest BCUT2D eigenvalue weighted by molar-refractivity contribution is 6.76. The molecule has 0 spiro atoms. The second-order valence-corrected chi connectivity index (χ2v) is 16.7. The van der Waals surface area contributed by atoms with Gasteiger partial charge in [0.2, 0.25) is 0 Å². The second kappa shape index (κ2) is 11.0. The molecule has 2 aliphatic rings. The normalized spacial score (nSPS) is 23.4. The molecular weight excluding hydrogens is 460 g/mol. The van der Waals surface area contributed by atoms with Crippen LogP contribution in [0.1, 0.15) is 43.0 Å². The van der Waals surface area contributed by atoms with Crippen LogP contribution in [0.5, 0.6) is 0 Å². The third-order valence-electron chi connectivity index (χ3n) is 7.58. The first-order valence-electron chi connectivity index (χ1n) is 13.0. The first-order chi connectivity index (χ1) is 16.8. The quantitative estimate of drug-likeness (QED) is 0.288. The van der Waals surface area contributed by atoms with Crippen molar-refractivity contribution in [1.29, 1.82) is 0 Å². The standard InChI is InChI=1S/C26H42N4O4Si/c1-7-29-22(17-34-14-15-35(4,5)6)30(19-10-8-18(9-11-19)26(32-2)33-3)23-20-12-13-27-24(20)28-16-21(23)25(29)31/h12-13,16,18-19,22,26H,7-11,14-15,17H2,1-6H3,(H,27,28). The Hall–Kier alpha value is -1.94. The Kier molecular flexibility index (Phi) is 8.20. The molecule has 1 fully saturated rings. The van der Waals surface area contributed by atoms with Crippen molar-refractivity contribution in [2.75, 3.05) is 38.9 Å². The molecule has 0 aromatic carbocycles. The van der Waals surface area contributed by atoms with E-state index in [-0.39, 0.29) is 18.4 Å². The molecule has 1 atom stereocenters. The SMILES string of the molecule is CCN1C(=O)c2cnc3[nH]ccc3c2N(C2CCC(C(OC)OC)CC2)C1COCC[Si](C)(C)C. The van der Waals surface area contributed by atoms with Gasteiger partial charge in [-0.2, -0.15) is 0 Å². The highest BCUT2D eigenvalue weighted by Gasteiger charge is 2.43. The van der Waals surface area contributed by atoms with E-state index in [0.29, 0.717) is 30.7 Å². The van der Waals surface area contributed by atoms with E-state index in [9.17, 15) is 4.79 Å². The fourth-order valence-electron chi connectivity index (χ4n) is 5.67. The Bertz CT molecular complexity index is 995. The lowest BCUT2D eigenvalue weighted by Gasteiger charge is -2.50. The summed E-state index contributed by atoms with van der Waals surface area (Å²) >= 11 is 0. The minimum absolute atomic E-state index is 0.0423. The predicted octanol–water partition coefficient (Wildman–Crippen LogP) is 4.70. The van der Waals surface area contributed by atoms with Crippen LogP contribution in [0.2, 0.25) is 25.7 Å². The first-order valence-corrected chi connectivity index (χ1v) is 16.7. The summed E-state index contributed by atoms with van der Waals surface area (Å²) in [5, 5.41) is 1.01. The molecule has 194 valence electrons. The van der Waals surface area contributed by atoms with Crippen LogP contribution >= 0.6 is 0 Å². The minimum Gasteiger partial charge on any atom is -0.378 e. The van der Waals surface area contributed by atoms with Crippen molar-refractivity contribution in [3.8, 4) is 0 Å². The number of nitrogens with zero attached hydrogens (tertiary/aromatic N) is 3. The Labute approximate surface area is 210 Å². The molecule has 1 N–H and O–H groups in total. The first kappa shape index (κ1) is 26.1. The largest absolute Gasteiger partial charge is 0.378 e. The number of fused-ring (bicyclic) bond motifs is 3. The number of hydrogen-bond acceptors (Lipinski definition) is 6. The van der Waals surface area contributed by atoms with Gasteiger partial charge in [0.15, 0.2) is 6.29 Å². The number of methoxy groups -OCH3 is 2. The number of ether oxygens (including phenoxy) is 3. The molecule has 8 nitrogen and oxygen atoms in total. The van der Waals surface area contributed by atoms with Crippen molar-refractivity contribution >= 4 is 30.7 Å². The van der Waals surface area contributed by atoms with Crippen molar-refractivity contribution < 1.29 is 19.0 Å². The molecule has 1 aliphatic carbocycles. The second-order valence-electron chi connectivity index (χ2n) is 11.0. The predicted molar refractivity (Wildman–Crippen MR) is 142 cm³/mol. The maximum absolute atomic E-state index is 13.6. The zero-order valence-electron chi connectivity index (χ0n) is 22.2. The van der Waals surface area contributed by atoms with Crippen LogP contribution in [-0.4, -0.2) is 81.3 Å². The maximum Gasteiger partial charge on any atom is 0.259 e. The van der Waals surface area contributed by atoms with Gasteiger partial charge in [-0.25, -0.2) is 4.98 Å². The maximum atomic E-state index is 13.6. The third kappa shape index (κ3) is 5.43. The van der Waals surface area contributed by atoms with Crippen LogP contribution in [0, 0.1) is 5.92 Å². The number of H-pyrrole nitrogens is 1. The van der Waals surface area contributed by atoms with E-state index in [1.165, 1.54) is 0 Å². The van der Waals surface area contributed by atoms with E-state index in [4.69, 9.17) is 14.2 Å². The zero-order valence-corrected chi connectivity index (χ0v) is 23.2. The zero-order chi connectivity index (χ0) is 25.2. The lowest BCUT2D eigenvalue weighted by atomic mass is 9.83. The average Bonchev–Trinajstić information content (AvgIpc) is 3.32. The number of carbonyl (C=O) groups excluding carboxylic acids is 1. The molecule has 4 rings (SSSR count). The number of hydrogen-bond donors (Lipinski definition) is 1. The molecule has 2 aromatic heterocycles. The molecular formula is C26H42N4O4Si. The summed E-state index contributed by atoms with van der Waals surface area (Å²) < 4.78 is 17.4. The number of anilines is 1. The van der Waals surface area contributed by atoms with Gasteiger partial charge in [-0.15, -0.1) is 0 Å². The van der Waals surface area contributed by atoms with Gasteiger partial charge in [0.25, 0.3) is 5.91 Å². The van der Waals surface area contributed by atoms with Crippen molar-refractivity contribution in [2.45, 2.75) is 76.8 Å². The number of likely N-dealkylation sites (N-methyl/N-ethyl adjacent to an activating group) is 1. The van der Waals surface area contributed by atoms with Gasteiger partial charge in [0.05, 0.1) is 17.9 Å². The number of pyridine rings is 1. The van der Waals surface area contributed by atoms with Gasteiger partial charge >= 0.3 is 0 Å². The lowest BCUT2D eigenvalue weighted by molar-refractivity contribution is -0.144. The summed E-state index contributed by atoms with van der Waals surface area (Å²) in [6.07, 6.45) is 7.42. The van der Waals surface area contributed by atoms with E-state index in [0.717, 1.165) is 55.1 Å². The number of rotatable bonds is 10. The van der Waals surface area contributed by atoms with Crippen LogP contribution in [0.4, 0.5) is 5.69 Å². The van der Waals surface area contributed by atoms with E-state index < -0.39 is 8.07 Å². The van der Waals surface area contributed by atoms with Crippen LogP contribution in [-0.2, 0) is 14.2 Å². The lowest BCUT2D eigenvalue weighted by Crippen LogP contribution is -2.61. The molecule has 0 saturated heterocycles. The molecule has 9 heteroatoms.